The lowest BCUT2D eigenvalue weighted by atomic mass is 9.94. The molecule has 0 rings (SSSR count). The first-order chi connectivity index (χ1) is 7.66. The Morgan fingerprint density at radius 1 is 1.29 bits per heavy atom. The molecule has 17 heavy (non-hydrogen) atoms. The Bertz CT molecular complexity index is 294. The van der Waals surface area contributed by atoms with Crippen LogP contribution in [0.4, 0.5) is 0 Å². The Morgan fingerprint density at radius 3 is 2.35 bits per heavy atom. The van der Waals surface area contributed by atoms with Gasteiger partial charge in [0, 0.05) is 6.54 Å². The van der Waals surface area contributed by atoms with Crippen molar-refractivity contribution in [2.75, 3.05) is 18.8 Å². The molecule has 0 bridgehead atoms. The number of hydrogen-bond acceptors (Lipinski definition) is 3. The van der Waals surface area contributed by atoms with Gasteiger partial charge in [-0.25, -0.2) is 13.1 Å². The first kappa shape index (κ1) is 16.9. The molecular formula is C12H28N2O2S. The molecule has 0 saturated carbocycles. The zero-order valence-corrected chi connectivity index (χ0v) is 12.4. The molecule has 0 aliphatic carbocycles. The third kappa shape index (κ3) is 10.7. The van der Waals surface area contributed by atoms with Crippen molar-refractivity contribution in [3.63, 3.8) is 0 Å². The summed E-state index contributed by atoms with van der Waals surface area (Å²) in [5, 5.41) is 0. The van der Waals surface area contributed by atoms with Gasteiger partial charge in [-0.15, -0.1) is 0 Å². The van der Waals surface area contributed by atoms with Crippen LogP contribution in [0.3, 0.4) is 0 Å². The maximum atomic E-state index is 11.7. The highest BCUT2D eigenvalue weighted by atomic mass is 32.2. The van der Waals surface area contributed by atoms with Gasteiger partial charge in [0.1, 0.15) is 0 Å². The Labute approximate surface area is 106 Å². The van der Waals surface area contributed by atoms with Gasteiger partial charge >= 0.3 is 0 Å². The summed E-state index contributed by atoms with van der Waals surface area (Å²) in [4.78, 5) is 0. The van der Waals surface area contributed by atoms with Gasteiger partial charge in [-0.1, -0.05) is 27.7 Å². The fraction of sp³-hybridized carbons (Fsp3) is 1.00. The van der Waals surface area contributed by atoms with E-state index in [0.29, 0.717) is 25.4 Å². The van der Waals surface area contributed by atoms with E-state index in [2.05, 4.69) is 11.6 Å². The monoisotopic (exact) mass is 264 g/mol. The van der Waals surface area contributed by atoms with Crippen LogP contribution in [0.1, 0.15) is 47.0 Å². The first-order valence-electron chi connectivity index (χ1n) is 6.34. The molecule has 0 fully saturated rings. The zero-order chi connectivity index (χ0) is 13.5. The summed E-state index contributed by atoms with van der Waals surface area (Å²) in [5.74, 6) is 0.678. The van der Waals surface area contributed by atoms with Crippen LogP contribution in [-0.2, 0) is 10.0 Å². The highest BCUT2D eigenvalue weighted by Crippen LogP contribution is 2.18. The van der Waals surface area contributed by atoms with Crippen LogP contribution in [0.2, 0.25) is 0 Å². The van der Waals surface area contributed by atoms with E-state index in [-0.39, 0.29) is 11.2 Å². The normalized spacial score (nSPS) is 14.9. The molecule has 5 heteroatoms. The van der Waals surface area contributed by atoms with Gasteiger partial charge in [-0.2, -0.15) is 0 Å². The molecule has 0 spiro atoms. The van der Waals surface area contributed by atoms with E-state index in [4.69, 9.17) is 5.73 Å². The van der Waals surface area contributed by atoms with Crippen molar-refractivity contribution >= 4 is 10.0 Å². The largest absolute Gasteiger partial charge is 0.330 e. The molecule has 0 radical (unpaired) electrons. The molecule has 104 valence electrons. The van der Waals surface area contributed by atoms with Crippen molar-refractivity contribution < 1.29 is 8.42 Å². The minimum absolute atomic E-state index is 0.0583. The van der Waals surface area contributed by atoms with Gasteiger partial charge in [0.25, 0.3) is 0 Å². The molecule has 4 nitrogen and oxygen atoms in total. The predicted molar refractivity (Wildman–Crippen MR) is 73.3 cm³/mol. The molecule has 0 heterocycles. The summed E-state index contributed by atoms with van der Waals surface area (Å²) in [6.07, 6.45) is 2.51. The average Bonchev–Trinajstić information content (AvgIpc) is 2.20. The topological polar surface area (TPSA) is 72.2 Å². The first-order valence-corrected chi connectivity index (χ1v) is 7.99. The molecule has 0 aliphatic heterocycles. The molecule has 0 aromatic rings. The zero-order valence-electron chi connectivity index (χ0n) is 11.6. The van der Waals surface area contributed by atoms with Gasteiger partial charge < -0.3 is 5.73 Å². The number of nitrogens with two attached hydrogens (primary N) is 1. The smallest absolute Gasteiger partial charge is 0.211 e. The Kier molecular flexibility index (Phi) is 7.28. The molecule has 0 amide bonds. The van der Waals surface area contributed by atoms with Crippen LogP contribution in [0.25, 0.3) is 0 Å². The van der Waals surface area contributed by atoms with E-state index >= 15 is 0 Å². The third-order valence-corrected chi connectivity index (χ3v) is 4.10. The number of sulfonamides is 1. The Balaban J connectivity index is 3.80. The second-order valence-corrected chi connectivity index (χ2v) is 7.93. The van der Waals surface area contributed by atoms with E-state index in [0.717, 1.165) is 12.8 Å². The fourth-order valence-corrected chi connectivity index (χ4v) is 2.79. The SMILES string of the molecule is CC(CN)CCCNS(=O)(=O)CCC(C)(C)C. The molecule has 0 aliphatic rings. The van der Waals surface area contributed by atoms with Crippen LogP contribution in [0.15, 0.2) is 0 Å². The number of rotatable bonds is 8. The summed E-state index contributed by atoms with van der Waals surface area (Å²) >= 11 is 0. The Hall–Kier alpha value is -0.130. The Morgan fingerprint density at radius 2 is 1.88 bits per heavy atom. The van der Waals surface area contributed by atoms with Gasteiger partial charge in [0.05, 0.1) is 5.75 Å². The molecule has 0 aromatic carbocycles. The summed E-state index contributed by atoms with van der Waals surface area (Å²) in [5.41, 5.74) is 5.56. The summed E-state index contributed by atoms with van der Waals surface area (Å²) in [6.45, 7) is 9.41. The van der Waals surface area contributed by atoms with Gasteiger partial charge in [0.15, 0.2) is 0 Å². The van der Waals surface area contributed by atoms with E-state index in [1.54, 1.807) is 0 Å². The second kappa shape index (κ2) is 7.34. The highest BCUT2D eigenvalue weighted by molar-refractivity contribution is 7.89. The lowest BCUT2D eigenvalue weighted by molar-refractivity contribution is 0.396. The van der Waals surface area contributed by atoms with Crippen molar-refractivity contribution in [3.8, 4) is 0 Å². The van der Waals surface area contributed by atoms with Crippen LogP contribution < -0.4 is 10.5 Å². The van der Waals surface area contributed by atoms with Crippen molar-refractivity contribution in [1.82, 2.24) is 4.72 Å². The van der Waals surface area contributed by atoms with E-state index in [1.807, 2.05) is 20.8 Å². The molecule has 1 unspecified atom stereocenters. The van der Waals surface area contributed by atoms with Crippen molar-refractivity contribution in [2.45, 2.75) is 47.0 Å². The van der Waals surface area contributed by atoms with Crippen LogP contribution in [-0.4, -0.2) is 27.3 Å². The highest BCUT2D eigenvalue weighted by Gasteiger charge is 2.16. The summed E-state index contributed by atoms with van der Waals surface area (Å²) in [6, 6.07) is 0. The number of hydrogen-bond donors (Lipinski definition) is 2. The van der Waals surface area contributed by atoms with Crippen LogP contribution in [0.5, 0.6) is 0 Å². The predicted octanol–water partition coefficient (Wildman–Crippen LogP) is 1.72. The van der Waals surface area contributed by atoms with E-state index < -0.39 is 10.0 Å². The quantitative estimate of drug-likeness (QED) is 0.656. The minimum atomic E-state index is -3.10. The van der Waals surface area contributed by atoms with Gasteiger partial charge in [-0.3, -0.25) is 0 Å². The van der Waals surface area contributed by atoms with E-state index in [9.17, 15) is 8.42 Å². The molecule has 0 aromatic heterocycles. The number of nitrogens with one attached hydrogen (secondary N) is 1. The fourth-order valence-electron chi connectivity index (χ4n) is 1.31. The van der Waals surface area contributed by atoms with Crippen molar-refractivity contribution in [2.24, 2.45) is 17.1 Å². The minimum Gasteiger partial charge on any atom is -0.330 e. The van der Waals surface area contributed by atoms with Crippen molar-refractivity contribution in [1.29, 1.82) is 0 Å². The van der Waals surface area contributed by atoms with E-state index in [1.165, 1.54) is 0 Å². The summed E-state index contributed by atoms with van der Waals surface area (Å²) < 4.78 is 26.0. The molecule has 0 saturated heterocycles. The molecular weight excluding hydrogens is 236 g/mol. The maximum absolute atomic E-state index is 11.7. The van der Waals surface area contributed by atoms with Gasteiger partial charge in [-0.05, 0) is 37.1 Å². The second-order valence-electron chi connectivity index (χ2n) is 6.01. The average molecular weight is 264 g/mol. The summed E-state index contributed by atoms with van der Waals surface area (Å²) in [7, 11) is -3.10. The van der Waals surface area contributed by atoms with Gasteiger partial charge in [0.2, 0.25) is 10.0 Å². The molecule has 3 N–H and O–H groups in total. The van der Waals surface area contributed by atoms with Crippen molar-refractivity contribution in [3.05, 3.63) is 0 Å². The van der Waals surface area contributed by atoms with Crippen LogP contribution >= 0.6 is 0 Å². The lowest BCUT2D eigenvalue weighted by Crippen LogP contribution is -2.29. The lowest BCUT2D eigenvalue weighted by Gasteiger charge is -2.18. The standard InChI is InChI=1S/C12H28N2O2S/c1-11(10-13)6-5-8-14-17(15,16)9-7-12(2,3)4/h11,14H,5-10,13H2,1-4H3. The molecule has 1 atom stereocenters. The van der Waals surface area contributed by atoms with Crippen LogP contribution in [0, 0.1) is 11.3 Å². The maximum Gasteiger partial charge on any atom is 0.211 e. The third-order valence-electron chi connectivity index (χ3n) is 2.72.